The molecule has 2 N–H and O–H groups in total. The second-order valence-electron chi connectivity index (χ2n) is 7.29. The molecule has 0 aliphatic carbocycles. The summed E-state index contributed by atoms with van der Waals surface area (Å²) in [6.07, 6.45) is 1.89. The predicted octanol–water partition coefficient (Wildman–Crippen LogP) is 2.03. The smallest absolute Gasteiger partial charge is 0.341 e. The molecule has 0 bridgehead atoms. The molecule has 3 heterocycles. The van der Waals surface area contributed by atoms with Crippen LogP contribution in [-0.4, -0.2) is 61.0 Å². The van der Waals surface area contributed by atoms with Crippen LogP contribution in [0.2, 0.25) is 0 Å². The highest BCUT2D eigenvalue weighted by Crippen LogP contribution is 2.30. The molecule has 0 radical (unpaired) electrons. The zero-order valence-corrected chi connectivity index (χ0v) is 17.1. The highest BCUT2D eigenvalue weighted by atomic mass is 19.1. The molecule has 1 aromatic carbocycles. The molecule has 1 aliphatic heterocycles. The van der Waals surface area contributed by atoms with E-state index in [4.69, 9.17) is 9.47 Å². The number of aliphatic hydroxyl groups is 1. The number of fused-ring (bicyclic) bond motifs is 1. The Morgan fingerprint density at radius 1 is 1.38 bits per heavy atom. The number of carbonyl (C=O) groups excluding carboxylic acids is 1. The summed E-state index contributed by atoms with van der Waals surface area (Å²) >= 11 is 0. The number of likely N-dealkylation sites (tertiary alicyclic amines) is 1. The van der Waals surface area contributed by atoms with Crippen LogP contribution in [0.25, 0.3) is 5.65 Å². The number of halogens is 1. The average Bonchev–Trinajstić information content (AvgIpc) is 3.32. The maximum Gasteiger partial charge on any atom is 0.341 e. The fourth-order valence-electron chi connectivity index (χ4n) is 3.53. The van der Waals surface area contributed by atoms with Gasteiger partial charge in [-0.15, -0.1) is 0 Å². The van der Waals surface area contributed by atoms with Crippen molar-refractivity contribution < 1.29 is 33.7 Å². The molecule has 1 amide bonds. The number of hydrogen-bond donors (Lipinski definition) is 2. The number of carbonyl (C=O) groups is 2. The van der Waals surface area contributed by atoms with E-state index in [1.165, 1.54) is 46.1 Å². The molecular weight excluding hydrogens is 423 g/mol. The monoisotopic (exact) mass is 444 g/mol. The van der Waals surface area contributed by atoms with E-state index in [-0.39, 0.29) is 36.1 Å². The lowest BCUT2D eigenvalue weighted by Crippen LogP contribution is -2.36. The van der Waals surface area contributed by atoms with Gasteiger partial charge in [0.2, 0.25) is 11.8 Å². The van der Waals surface area contributed by atoms with Gasteiger partial charge in [-0.1, -0.05) is 0 Å². The molecule has 4 rings (SSSR count). The Kier molecular flexibility index (Phi) is 5.91. The first kappa shape index (κ1) is 21.5. The summed E-state index contributed by atoms with van der Waals surface area (Å²) < 4.78 is 26.8. The second-order valence-corrected chi connectivity index (χ2v) is 7.29. The molecule has 11 heteroatoms. The summed E-state index contributed by atoms with van der Waals surface area (Å²) in [5.41, 5.74) is 0.454. The zero-order valence-electron chi connectivity index (χ0n) is 17.1. The van der Waals surface area contributed by atoms with Gasteiger partial charge in [0.1, 0.15) is 36.1 Å². The maximum atomic E-state index is 13.9. The van der Waals surface area contributed by atoms with Crippen molar-refractivity contribution in [1.29, 1.82) is 0 Å². The minimum atomic E-state index is -1.17. The lowest BCUT2D eigenvalue weighted by atomic mass is 10.1. The van der Waals surface area contributed by atoms with E-state index in [1.54, 1.807) is 6.92 Å². The van der Waals surface area contributed by atoms with Crippen LogP contribution in [0, 0.1) is 5.82 Å². The third kappa shape index (κ3) is 4.33. The first-order valence-electron chi connectivity index (χ1n) is 9.97. The van der Waals surface area contributed by atoms with Crippen molar-refractivity contribution in [3.63, 3.8) is 0 Å². The molecular formula is C21H21FN4O6. The van der Waals surface area contributed by atoms with E-state index in [9.17, 15) is 24.2 Å². The first-order chi connectivity index (χ1) is 15.3. The van der Waals surface area contributed by atoms with Gasteiger partial charge >= 0.3 is 5.97 Å². The highest BCUT2D eigenvalue weighted by molar-refractivity contribution is 5.94. The number of nitrogens with zero attached hydrogens (tertiary/aromatic N) is 4. The standard InChI is InChI=1S/C21H21FN4O6/c1-12(32-17-6-7-26-20(24-17)15(11-23-26)21(29)30)14-10-13(22)2-3-16(14)31-9-8-25-18(27)4-5-19(25)28/h2-3,6-7,10-12,18,27H,4-5,8-9H2,1H3,(H,29,30). The van der Waals surface area contributed by atoms with E-state index < -0.39 is 24.1 Å². The van der Waals surface area contributed by atoms with Crippen LogP contribution in [-0.2, 0) is 4.79 Å². The van der Waals surface area contributed by atoms with Crippen molar-refractivity contribution in [2.75, 3.05) is 13.2 Å². The van der Waals surface area contributed by atoms with Crippen LogP contribution >= 0.6 is 0 Å². The number of aromatic carboxylic acids is 1. The number of aromatic nitrogens is 3. The Morgan fingerprint density at radius 2 is 2.19 bits per heavy atom. The quantitative estimate of drug-likeness (QED) is 0.540. The van der Waals surface area contributed by atoms with Gasteiger partial charge in [-0.3, -0.25) is 4.79 Å². The summed E-state index contributed by atoms with van der Waals surface area (Å²) in [4.78, 5) is 28.6. The molecule has 1 saturated heterocycles. The minimum absolute atomic E-state index is 0.0727. The fraction of sp³-hybridized carbons (Fsp3) is 0.333. The number of benzene rings is 1. The summed E-state index contributed by atoms with van der Waals surface area (Å²) in [6, 6.07) is 5.50. The zero-order chi connectivity index (χ0) is 22.8. The lowest BCUT2D eigenvalue weighted by molar-refractivity contribution is -0.133. The van der Waals surface area contributed by atoms with Crippen LogP contribution in [0.15, 0.2) is 36.7 Å². The Hall–Kier alpha value is -3.73. The van der Waals surface area contributed by atoms with Gasteiger partial charge in [-0.05, 0) is 25.1 Å². The Morgan fingerprint density at radius 3 is 2.91 bits per heavy atom. The molecule has 32 heavy (non-hydrogen) atoms. The number of rotatable bonds is 8. The van der Waals surface area contributed by atoms with Gasteiger partial charge in [0.25, 0.3) is 0 Å². The van der Waals surface area contributed by atoms with Crippen LogP contribution < -0.4 is 9.47 Å². The van der Waals surface area contributed by atoms with Gasteiger partial charge < -0.3 is 24.6 Å². The van der Waals surface area contributed by atoms with Crippen molar-refractivity contribution in [3.8, 4) is 11.6 Å². The van der Waals surface area contributed by atoms with Crippen molar-refractivity contribution in [2.45, 2.75) is 32.1 Å². The molecule has 0 saturated carbocycles. The molecule has 2 unspecified atom stereocenters. The Labute approximate surface area is 181 Å². The van der Waals surface area contributed by atoms with Gasteiger partial charge in [-0.2, -0.15) is 10.1 Å². The van der Waals surface area contributed by atoms with Crippen molar-refractivity contribution in [1.82, 2.24) is 19.5 Å². The van der Waals surface area contributed by atoms with Crippen LogP contribution in [0.4, 0.5) is 4.39 Å². The number of aliphatic hydroxyl groups excluding tert-OH is 1. The van der Waals surface area contributed by atoms with E-state index in [0.717, 1.165) is 0 Å². The predicted molar refractivity (Wildman–Crippen MR) is 108 cm³/mol. The third-order valence-electron chi connectivity index (χ3n) is 5.17. The second kappa shape index (κ2) is 8.79. The molecule has 168 valence electrons. The molecule has 3 aromatic rings. The van der Waals surface area contributed by atoms with E-state index in [2.05, 4.69) is 10.1 Å². The van der Waals surface area contributed by atoms with Crippen LogP contribution in [0.1, 0.15) is 41.8 Å². The van der Waals surface area contributed by atoms with Crippen molar-refractivity contribution >= 4 is 17.5 Å². The average molecular weight is 444 g/mol. The normalized spacial score (nSPS) is 17.0. The highest BCUT2D eigenvalue weighted by Gasteiger charge is 2.28. The fourth-order valence-corrected chi connectivity index (χ4v) is 3.53. The number of hydrogen-bond acceptors (Lipinski definition) is 7. The van der Waals surface area contributed by atoms with Gasteiger partial charge in [0, 0.05) is 30.7 Å². The minimum Gasteiger partial charge on any atom is -0.491 e. The SMILES string of the molecule is CC(Oc1ccn2ncc(C(=O)O)c2n1)c1cc(F)ccc1OCCN1C(=O)CCC1O. The van der Waals surface area contributed by atoms with Crippen molar-refractivity contribution in [2.24, 2.45) is 0 Å². The van der Waals surface area contributed by atoms with Crippen molar-refractivity contribution in [3.05, 3.63) is 53.6 Å². The number of ether oxygens (including phenoxy) is 2. The van der Waals surface area contributed by atoms with Gasteiger partial charge in [0.05, 0.1) is 12.7 Å². The Balaban J connectivity index is 1.49. The number of carboxylic acid groups (broad SMARTS) is 1. The molecule has 1 aliphatic rings. The third-order valence-corrected chi connectivity index (χ3v) is 5.17. The number of carboxylic acids is 1. The van der Waals surface area contributed by atoms with Crippen LogP contribution in [0.5, 0.6) is 11.6 Å². The first-order valence-corrected chi connectivity index (χ1v) is 9.97. The lowest BCUT2D eigenvalue weighted by Gasteiger charge is -2.22. The largest absolute Gasteiger partial charge is 0.491 e. The van der Waals surface area contributed by atoms with E-state index in [0.29, 0.717) is 24.2 Å². The summed E-state index contributed by atoms with van der Waals surface area (Å²) in [7, 11) is 0. The number of amides is 1. The van der Waals surface area contributed by atoms with Crippen LogP contribution in [0.3, 0.4) is 0 Å². The molecule has 2 aromatic heterocycles. The summed E-state index contributed by atoms with van der Waals surface area (Å²) in [6.45, 7) is 1.98. The van der Waals surface area contributed by atoms with E-state index in [1.807, 2.05) is 0 Å². The van der Waals surface area contributed by atoms with E-state index >= 15 is 0 Å². The summed E-state index contributed by atoms with van der Waals surface area (Å²) in [5.74, 6) is -1.30. The molecule has 10 nitrogen and oxygen atoms in total. The maximum absolute atomic E-state index is 13.9. The van der Waals surface area contributed by atoms with Gasteiger partial charge in [0.15, 0.2) is 5.65 Å². The topological polar surface area (TPSA) is 126 Å². The molecule has 0 spiro atoms. The Bertz CT molecular complexity index is 1170. The van der Waals surface area contributed by atoms with Gasteiger partial charge in [-0.25, -0.2) is 13.7 Å². The summed E-state index contributed by atoms with van der Waals surface area (Å²) in [5, 5.41) is 23.0. The molecule has 1 fully saturated rings. The molecule has 2 atom stereocenters.